The zero-order chi connectivity index (χ0) is 13.9. The van der Waals surface area contributed by atoms with Gasteiger partial charge in [0.05, 0.1) is 12.2 Å². The minimum Gasteiger partial charge on any atom is -0.357 e. The van der Waals surface area contributed by atoms with Gasteiger partial charge in [0.15, 0.2) is 5.96 Å². The molecule has 0 unspecified atom stereocenters. The van der Waals surface area contributed by atoms with Gasteiger partial charge in [-0.2, -0.15) is 0 Å². The Morgan fingerprint density at radius 1 is 1.47 bits per heavy atom. The third-order valence-corrected chi connectivity index (χ3v) is 3.79. The van der Waals surface area contributed by atoms with Crippen LogP contribution in [0.3, 0.4) is 0 Å². The zero-order valence-electron chi connectivity index (χ0n) is 12.3. The van der Waals surface area contributed by atoms with Gasteiger partial charge in [-0.05, 0) is 19.8 Å². The number of rotatable bonds is 4. The summed E-state index contributed by atoms with van der Waals surface area (Å²) in [6, 6.07) is 0.624. The highest BCUT2D eigenvalue weighted by molar-refractivity contribution is 7.09. The first kappa shape index (κ1) is 14.3. The average Bonchev–Trinajstić information content (AvgIpc) is 3.00. The second kappa shape index (κ2) is 5.90. The van der Waals surface area contributed by atoms with Gasteiger partial charge in [-0.3, -0.25) is 0 Å². The lowest BCUT2D eigenvalue weighted by Crippen LogP contribution is -2.38. The quantitative estimate of drug-likeness (QED) is 0.658. The molecule has 1 aliphatic carbocycles. The molecule has 1 heterocycles. The van der Waals surface area contributed by atoms with Crippen molar-refractivity contribution in [2.24, 2.45) is 4.99 Å². The van der Waals surface area contributed by atoms with Crippen molar-refractivity contribution in [3.05, 3.63) is 16.1 Å². The fourth-order valence-electron chi connectivity index (χ4n) is 1.62. The van der Waals surface area contributed by atoms with Crippen molar-refractivity contribution >= 4 is 17.3 Å². The highest BCUT2D eigenvalue weighted by atomic mass is 32.1. The van der Waals surface area contributed by atoms with Crippen LogP contribution in [-0.2, 0) is 12.0 Å². The van der Waals surface area contributed by atoms with Gasteiger partial charge in [-0.25, -0.2) is 9.98 Å². The van der Waals surface area contributed by atoms with Crippen LogP contribution in [0.15, 0.2) is 10.4 Å². The van der Waals surface area contributed by atoms with E-state index in [2.05, 4.69) is 53.7 Å². The van der Waals surface area contributed by atoms with E-state index in [1.807, 2.05) is 0 Å². The lowest BCUT2D eigenvalue weighted by Gasteiger charge is -2.14. The van der Waals surface area contributed by atoms with Crippen molar-refractivity contribution in [2.75, 3.05) is 6.54 Å². The molecule has 1 aliphatic rings. The number of aromatic nitrogens is 1. The van der Waals surface area contributed by atoms with Gasteiger partial charge in [0, 0.05) is 23.4 Å². The van der Waals surface area contributed by atoms with Crippen molar-refractivity contribution < 1.29 is 0 Å². The number of guanidine groups is 1. The van der Waals surface area contributed by atoms with Crippen LogP contribution >= 0.6 is 11.3 Å². The van der Waals surface area contributed by atoms with Crippen LogP contribution in [-0.4, -0.2) is 23.5 Å². The zero-order valence-corrected chi connectivity index (χ0v) is 13.1. The smallest absolute Gasteiger partial charge is 0.191 e. The molecule has 0 aromatic carbocycles. The second-order valence-corrected chi connectivity index (χ2v) is 6.93. The van der Waals surface area contributed by atoms with E-state index in [-0.39, 0.29) is 5.41 Å². The van der Waals surface area contributed by atoms with Crippen LogP contribution in [0.25, 0.3) is 0 Å². The Balaban J connectivity index is 1.96. The molecule has 1 aromatic heterocycles. The van der Waals surface area contributed by atoms with Crippen LogP contribution in [0.5, 0.6) is 0 Å². The minimum absolute atomic E-state index is 0.120. The van der Waals surface area contributed by atoms with Gasteiger partial charge >= 0.3 is 0 Å². The van der Waals surface area contributed by atoms with E-state index in [9.17, 15) is 0 Å². The number of aliphatic imine (C=N–C) groups is 1. The topological polar surface area (TPSA) is 49.3 Å². The number of nitrogens with zero attached hydrogens (tertiary/aromatic N) is 2. The molecule has 4 nitrogen and oxygen atoms in total. The fraction of sp³-hybridized carbons (Fsp3) is 0.714. The molecule has 0 saturated heterocycles. The maximum absolute atomic E-state index is 4.66. The maximum Gasteiger partial charge on any atom is 0.191 e. The molecule has 0 bridgehead atoms. The number of hydrogen-bond acceptors (Lipinski definition) is 3. The molecule has 0 spiro atoms. The highest BCUT2D eigenvalue weighted by Crippen LogP contribution is 2.24. The molecule has 1 fully saturated rings. The molecule has 0 amide bonds. The molecular formula is C14H24N4S. The molecule has 0 radical (unpaired) electrons. The van der Waals surface area contributed by atoms with Gasteiger partial charge in [-0.15, -0.1) is 11.3 Å². The Kier molecular flexibility index (Phi) is 4.45. The van der Waals surface area contributed by atoms with Gasteiger partial charge in [-0.1, -0.05) is 20.8 Å². The monoisotopic (exact) mass is 280 g/mol. The van der Waals surface area contributed by atoms with Gasteiger partial charge in [0.1, 0.15) is 5.01 Å². The van der Waals surface area contributed by atoms with Crippen molar-refractivity contribution in [3.8, 4) is 0 Å². The summed E-state index contributed by atoms with van der Waals surface area (Å²) in [4.78, 5) is 9.27. The summed E-state index contributed by atoms with van der Waals surface area (Å²) in [6.07, 6.45) is 2.52. The Bertz CT molecular complexity index is 441. The van der Waals surface area contributed by atoms with Gasteiger partial charge < -0.3 is 10.6 Å². The van der Waals surface area contributed by atoms with E-state index in [1.165, 1.54) is 12.8 Å². The van der Waals surface area contributed by atoms with Crippen molar-refractivity contribution in [2.45, 2.75) is 58.5 Å². The molecule has 0 atom stereocenters. The van der Waals surface area contributed by atoms with Crippen LogP contribution in [0.2, 0.25) is 0 Å². The van der Waals surface area contributed by atoms with Gasteiger partial charge in [0.25, 0.3) is 0 Å². The first-order valence-electron chi connectivity index (χ1n) is 6.98. The highest BCUT2D eigenvalue weighted by Gasteiger charge is 2.22. The van der Waals surface area contributed by atoms with Gasteiger partial charge in [0.2, 0.25) is 0 Å². The second-order valence-electron chi connectivity index (χ2n) is 5.99. The number of nitrogens with one attached hydrogen (secondary N) is 2. The van der Waals surface area contributed by atoms with E-state index in [0.29, 0.717) is 12.6 Å². The predicted octanol–water partition coefficient (Wildman–Crippen LogP) is 2.66. The lowest BCUT2D eigenvalue weighted by molar-refractivity contribution is 0.571. The standard InChI is InChI=1S/C14H24N4S/c1-5-15-13(17-10-6-7-10)16-8-12-18-11(9-19-12)14(2,3)4/h9-10H,5-8H2,1-4H3,(H2,15,16,17). The summed E-state index contributed by atoms with van der Waals surface area (Å²) < 4.78 is 0. The normalized spacial score (nSPS) is 16.5. The van der Waals surface area contributed by atoms with Crippen molar-refractivity contribution in [1.29, 1.82) is 0 Å². The Hall–Kier alpha value is -1.10. The molecular weight excluding hydrogens is 256 g/mol. The Morgan fingerprint density at radius 2 is 2.21 bits per heavy atom. The van der Waals surface area contributed by atoms with E-state index in [1.54, 1.807) is 11.3 Å². The third-order valence-electron chi connectivity index (χ3n) is 2.96. The largest absolute Gasteiger partial charge is 0.357 e. The summed E-state index contributed by atoms with van der Waals surface area (Å²) in [5.74, 6) is 0.914. The van der Waals surface area contributed by atoms with E-state index >= 15 is 0 Å². The minimum atomic E-state index is 0.120. The van der Waals surface area contributed by atoms with Crippen molar-refractivity contribution in [3.63, 3.8) is 0 Å². The molecule has 106 valence electrons. The summed E-state index contributed by atoms with van der Waals surface area (Å²) >= 11 is 1.70. The molecule has 19 heavy (non-hydrogen) atoms. The summed E-state index contributed by atoms with van der Waals surface area (Å²) in [7, 11) is 0. The number of hydrogen-bond donors (Lipinski definition) is 2. The van der Waals surface area contributed by atoms with E-state index in [4.69, 9.17) is 0 Å². The molecule has 5 heteroatoms. The molecule has 0 aliphatic heterocycles. The summed E-state index contributed by atoms with van der Waals surface area (Å²) in [5.41, 5.74) is 1.28. The first-order chi connectivity index (χ1) is 8.99. The maximum atomic E-state index is 4.66. The van der Waals surface area contributed by atoms with E-state index < -0.39 is 0 Å². The van der Waals surface area contributed by atoms with Crippen LogP contribution in [0.4, 0.5) is 0 Å². The molecule has 2 rings (SSSR count). The predicted molar refractivity (Wildman–Crippen MR) is 81.8 cm³/mol. The molecule has 1 saturated carbocycles. The number of thiazole rings is 1. The Labute approximate surface area is 119 Å². The summed E-state index contributed by atoms with van der Waals surface area (Å²) in [5, 5.41) is 9.92. The fourth-order valence-corrected chi connectivity index (χ4v) is 2.56. The first-order valence-corrected chi connectivity index (χ1v) is 7.86. The lowest BCUT2D eigenvalue weighted by atomic mass is 9.93. The van der Waals surface area contributed by atoms with E-state index in [0.717, 1.165) is 23.2 Å². The van der Waals surface area contributed by atoms with Crippen molar-refractivity contribution in [1.82, 2.24) is 15.6 Å². The van der Waals surface area contributed by atoms with Crippen LogP contribution in [0.1, 0.15) is 51.2 Å². The Morgan fingerprint density at radius 3 is 2.74 bits per heavy atom. The SMILES string of the molecule is CCNC(=NCc1nc(C(C)(C)C)cs1)NC1CC1. The molecule has 2 N–H and O–H groups in total. The molecule has 1 aromatic rings. The summed E-state index contributed by atoms with van der Waals surface area (Å²) in [6.45, 7) is 10.2. The van der Waals surface area contributed by atoms with Crippen LogP contribution < -0.4 is 10.6 Å². The average molecular weight is 280 g/mol. The third kappa shape index (κ3) is 4.49. The van der Waals surface area contributed by atoms with Crippen LogP contribution in [0, 0.1) is 0 Å².